The van der Waals surface area contributed by atoms with Crippen LogP contribution in [0.2, 0.25) is 0 Å². The van der Waals surface area contributed by atoms with Crippen LogP contribution >= 0.6 is 15.2 Å². The first-order valence-electron chi connectivity index (χ1n) is 3.72. The Labute approximate surface area is 90.9 Å². The average molecular weight is 270 g/mol. The molecule has 0 heterocycles. The van der Waals surface area contributed by atoms with Crippen molar-refractivity contribution >= 4 is 27.1 Å². The molecule has 0 radical (unpaired) electrons. The SMILES string of the molecule is CP(=O)([O-])OC(=O)/C=C/C(=O)OP(C)(=O)[O-]. The summed E-state index contributed by atoms with van der Waals surface area (Å²) < 4.78 is 28.6. The van der Waals surface area contributed by atoms with Gasteiger partial charge >= 0.3 is 11.9 Å². The molecule has 10 heteroatoms. The van der Waals surface area contributed by atoms with Gasteiger partial charge in [-0.3, -0.25) is 9.13 Å². The topological polar surface area (TPSA) is 133 Å². The first kappa shape index (κ1) is 15.1. The molecule has 0 aliphatic carbocycles. The maximum Gasteiger partial charge on any atom is 0.335 e. The molecule has 16 heavy (non-hydrogen) atoms. The van der Waals surface area contributed by atoms with Crippen molar-refractivity contribution < 1.29 is 37.6 Å². The summed E-state index contributed by atoms with van der Waals surface area (Å²) >= 11 is 0. The van der Waals surface area contributed by atoms with Gasteiger partial charge in [0.1, 0.15) is 0 Å². The van der Waals surface area contributed by atoms with Crippen LogP contribution in [0.25, 0.3) is 0 Å². The van der Waals surface area contributed by atoms with Crippen molar-refractivity contribution in [3.8, 4) is 0 Å². The van der Waals surface area contributed by atoms with Crippen molar-refractivity contribution in [2.75, 3.05) is 13.3 Å². The maximum absolute atomic E-state index is 10.7. The van der Waals surface area contributed by atoms with Crippen molar-refractivity contribution in [2.24, 2.45) is 0 Å². The van der Waals surface area contributed by atoms with E-state index < -0.39 is 27.1 Å². The average Bonchev–Trinajstić information content (AvgIpc) is 1.94. The van der Waals surface area contributed by atoms with Crippen LogP contribution in [-0.2, 0) is 27.8 Å². The van der Waals surface area contributed by atoms with Crippen LogP contribution in [0.15, 0.2) is 12.2 Å². The molecule has 8 nitrogen and oxygen atoms in total. The Hall–Kier alpha value is -0.940. The van der Waals surface area contributed by atoms with Crippen LogP contribution in [0.3, 0.4) is 0 Å². The first-order chi connectivity index (χ1) is 6.99. The van der Waals surface area contributed by atoms with Crippen LogP contribution in [0.4, 0.5) is 0 Å². The van der Waals surface area contributed by atoms with Gasteiger partial charge in [-0.05, 0) is 0 Å². The van der Waals surface area contributed by atoms with E-state index in [1.165, 1.54) is 0 Å². The van der Waals surface area contributed by atoms with Crippen LogP contribution in [-0.4, -0.2) is 25.3 Å². The van der Waals surface area contributed by atoms with Crippen molar-refractivity contribution in [3.63, 3.8) is 0 Å². The van der Waals surface area contributed by atoms with Gasteiger partial charge in [-0.25, -0.2) is 9.59 Å². The monoisotopic (exact) mass is 270 g/mol. The summed E-state index contributed by atoms with van der Waals surface area (Å²) in [7, 11) is -8.48. The first-order valence-corrected chi connectivity index (χ1v) is 7.70. The predicted molar refractivity (Wildman–Crippen MR) is 48.4 cm³/mol. The summed E-state index contributed by atoms with van der Waals surface area (Å²) in [6, 6.07) is 0. The third kappa shape index (κ3) is 9.61. The van der Waals surface area contributed by atoms with E-state index in [1.807, 2.05) is 0 Å². The molecular formula is C6H8O8P2-2. The van der Waals surface area contributed by atoms with Crippen molar-refractivity contribution in [1.29, 1.82) is 0 Å². The minimum absolute atomic E-state index is 0.437. The van der Waals surface area contributed by atoms with E-state index in [4.69, 9.17) is 0 Å². The molecule has 0 rings (SSSR count). The minimum atomic E-state index is -4.24. The lowest BCUT2D eigenvalue weighted by atomic mass is 10.5. The smallest absolute Gasteiger partial charge is 0.335 e. The molecule has 0 aromatic carbocycles. The van der Waals surface area contributed by atoms with Gasteiger partial charge in [0.2, 0.25) is 0 Å². The molecule has 0 amide bonds. The summed E-state index contributed by atoms with van der Waals surface area (Å²) in [6.07, 6.45) is 0.873. The van der Waals surface area contributed by atoms with Gasteiger partial charge in [-0.15, -0.1) is 0 Å². The van der Waals surface area contributed by atoms with Crippen LogP contribution in [0, 0.1) is 0 Å². The Bertz CT molecular complexity index is 361. The number of hydrogen-bond acceptors (Lipinski definition) is 8. The largest absolute Gasteiger partial charge is 0.769 e. The van der Waals surface area contributed by atoms with Gasteiger partial charge in [-0.2, -0.15) is 0 Å². The Kier molecular flexibility index (Phi) is 5.09. The molecule has 0 aliphatic heterocycles. The quantitative estimate of drug-likeness (QED) is 0.468. The molecule has 0 saturated carbocycles. The highest BCUT2D eigenvalue weighted by atomic mass is 31.2. The fourth-order valence-electron chi connectivity index (χ4n) is 0.524. The highest BCUT2D eigenvalue weighted by Crippen LogP contribution is 2.32. The number of hydrogen-bond donors (Lipinski definition) is 0. The summed E-state index contributed by atoms with van der Waals surface area (Å²) in [6.45, 7) is 1.32. The second-order valence-electron chi connectivity index (χ2n) is 2.70. The van der Waals surface area contributed by atoms with Gasteiger partial charge < -0.3 is 18.8 Å². The van der Waals surface area contributed by atoms with Crippen LogP contribution in [0.5, 0.6) is 0 Å². The van der Waals surface area contributed by atoms with E-state index in [0.717, 1.165) is 0 Å². The normalized spacial score (nSPS) is 18.5. The molecule has 0 bridgehead atoms. The summed E-state index contributed by atoms with van der Waals surface area (Å²) in [5.74, 6) is -2.65. The van der Waals surface area contributed by atoms with E-state index >= 15 is 0 Å². The van der Waals surface area contributed by atoms with Crippen molar-refractivity contribution in [3.05, 3.63) is 12.2 Å². The molecule has 0 spiro atoms. The van der Waals surface area contributed by atoms with Crippen molar-refractivity contribution in [2.45, 2.75) is 0 Å². The molecule has 92 valence electrons. The Morgan fingerprint density at radius 1 is 0.938 bits per heavy atom. The molecule has 0 fully saturated rings. The zero-order chi connectivity index (χ0) is 13.0. The van der Waals surface area contributed by atoms with Gasteiger partial charge in [0.25, 0.3) is 0 Å². The van der Waals surface area contributed by atoms with Crippen LogP contribution < -0.4 is 9.79 Å². The Morgan fingerprint density at radius 2 is 1.19 bits per heavy atom. The van der Waals surface area contributed by atoms with E-state index in [-0.39, 0.29) is 0 Å². The highest BCUT2D eigenvalue weighted by Gasteiger charge is 2.08. The van der Waals surface area contributed by atoms with Gasteiger partial charge in [0.05, 0.1) is 0 Å². The Morgan fingerprint density at radius 3 is 1.38 bits per heavy atom. The number of carbonyl (C=O) groups excluding carboxylic acids is 2. The highest BCUT2D eigenvalue weighted by molar-refractivity contribution is 7.51. The molecular weight excluding hydrogens is 262 g/mol. The molecule has 0 aromatic heterocycles. The third-order valence-corrected chi connectivity index (χ3v) is 1.89. The fraction of sp³-hybridized carbons (Fsp3) is 0.333. The van der Waals surface area contributed by atoms with Gasteiger partial charge in [0.15, 0.2) is 15.2 Å². The molecule has 0 saturated heterocycles. The lowest BCUT2D eigenvalue weighted by Crippen LogP contribution is -2.09. The van der Waals surface area contributed by atoms with Gasteiger partial charge in [-0.1, -0.05) is 0 Å². The predicted octanol–water partition coefficient (Wildman–Crippen LogP) is -1.00. The minimum Gasteiger partial charge on any atom is -0.769 e. The molecule has 2 unspecified atom stereocenters. The molecule has 0 N–H and O–H groups in total. The van der Waals surface area contributed by atoms with Crippen LogP contribution in [0.1, 0.15) is 0 Å². The number of carbonyl (C=O) groups is 2. The molecule has 0 aromatic rings. The lowest BCUT2D eigenvalue weighted by molar-refractivity contribution is -0.199. The lowest BCUT2D eigenvalue weighted by Gasteiger charge is -2.16. The van der Waals surface area contributed by atoms with E-state index in [2.05, 4.69) is 9.05 Å². The standard InChI is InChI=1S/C6H10O8P2/c1-15(9,10)13-5(7)3-4-6(8)14-16(2,11)12/h3-4H,1-2H3,(H,9,10)(H,11,12)/p-2/b4-3+. The summed E-state index contributed by atoms with van der Waals surface area (Å²) in [5.41, 5.74) is 0. The number of rotatable bonds is 4. The van der Waals surface area contributed by atoms with Gasteiger partial charge in [0, 0.05) is 25.5 Å². The summed E-state index contributed by atoms with van der Waals surface area (Å²) in [4.78, 5) is 42.3. The van der Waals surface area contributed by atoms with E-state index in [0.29, 0.717) is 25.5 Å². The molecule has 2 atom stereocenters. The summed E-state index contributed by atoms with van der Waals surface area (Å²) in [5, 5.41) is 0. The second kappa shape index (κ2) is 5.41. The van der Waals surface area contributed by atoms with Crippen molar-refractivity contribution in [1.82, 2.24) is 0 Å². The van der Waals surface area contributed by atoms with E-state index in [1.54, 1.807) is 0 Å². The zero-order valence-corrected chi connectivity index (χ0v) is 10.1. The fourth-order valence-corrected chi connectivity index (χ4v) is 1.30. The Balaban J connectivity index is 4.30. The molecule has 0 aliphatic rings. The maximum atomic E-state index is 10.7. The third-order valence-electron chi connectivity index (χ3n) is 0.867. The van der Waals surface area contributed by atoms with E-state index in [9.17, 15) is 28.5 Å². The zero-order valence-electron chi connectivity index (χ0n) is 8.32. The second-order valence-corrected chi connectivity index (χ2v) is 6.15.